The van der Waals surface area contributed by atoms with Crippen molar-refractivity contribution in [1.29, 1.82) is 0 Å². The summed E-state index contributed by atoms with van der Waals surface area (Å²) in [4.78, 5) is 15.1. The first-order valence-corrected chi connectivity index (χ1v) is 14.0. The molecule has 0 bridgehead atoms. The fourth-order valence-electron chi connectivity index (χ4n) is 5.26. The highest BCUT2D eigenvalue weighted by atomic mass is 32.2. The molecule has 0 spiro atoms. The Morgan fingerprint density at radius 2 is 1.70 bits per heavy atom. The summed E-state index contributed by atoms with van der Waals surface area (Å²) < 4.78 is 47.7. The van der Waals surface area contributed by atoms with Crippen LogP contribution in [0.3, 0.4) is 0 Å². The first-order chi connectivity index (χ1) is 17.8. The van der Waals surface area contributed by atoms with Crippen molar-refractivity contribution >= 4 is 28.1 Å². The minimum atomic E-state index is -3.90. The zero-order valence-electron chi connectivity index (χ0n) is 20.7. The van der Waals surface area contributed by atoms with Crippen molar-refractivity contribution in [2.75, 3.05) is 26.2 Å². The number of amides is 1. The van der Waals surface area contributed by atoms with Crippen LogP contribution in [0.25, 0.3) is 12.2 Å². The van der Waals surface area contributed by atoms with Gasteiger partial charge in [-0.15, -0.1) is 0 Å². The van der Waals surface area contributed by atoms with Crippen molar-refractivity contribution in [1.82, 2.24) is 14.4 Å². The van der Waals surface area contributed by atoms with Crippen molar-refractivity contribution in [3.05, 3.63) is 83.0 Å². The Morgan fingerprint density at radius 1 is 1.00 bits per heavy atom. The van der Waals surface area contributed by atoms with Gasteiger partial charge in [-0.3, -0.25) is 4.79 Å². The number of aromatic nitrogens is 1. The normalized spacial score (nSPS) is 19.6. The molecule has 0 N–H and O–H groups in total. The first-order valence-electron chi connectivity index (χ1n) is 12.6. The predicted octanol–water partition coefficient (Wildman–Crippen LogP) is 4.71. The lowest BCUT2D eigenvalue weighted by Crippen LogP contribution is -2.44. The number of aryl methyl sites for hydroxylation is 1. The van der Waals surface area contributed by atoms with Crippen LogP contribution in [0.15, 0.2) is 64.0 Å². The van der Waals surface area contributed by atoms with E-state index in [1.807, 2.05) is 23.1 Å². The van der Waals surface area contributed by atoms with Crippen molar-refractivity contribution in [3.63, 3.8) is 0 Å². The highest BCUT2D eigenvalue weighted by Gasteiger charge is 2.38. The Bertz CT molecular complexity index is 1400. The van der Waals surface area contributed by atoms with Crippen LogP contribution >= 0.6 is 0 Å². The molecule has 2 aromatic carbocycles. The number of likely N-dealkylation sites (tertiary alicyclic amines) is 1. The molecule has 2 fully saturated rings. The number of sulfonamides is 1. The lowest BCUT2D eigenvalue weighted by Gasteiger charge is -2.32. The smallest absolute Gasteiger partial charge is 0.248 e. The van der Waals surface area contributed by atoms with Crippen molar-refractivity contribution < 1.29 is 22.1 Å². The molecule has 9 heteroatoms. The van der Waals surface area contributed by atoms with Gasteiger partial charge in [0.2, 0.25) is 15.9 Å². The Balaban J connectivity index is 1.24. The van der Waals surface area contributed by atoms with Crippen LogP contribution in [0.2, 0.25) is 0 Å². The molecule has 2 aliphatic heterocycles. The molecule has 194 valence electrons. The molecule has 2 saturated heterocycles. The Kier molecular flexibility index (Phi) is 7.26. The molecule has 1 aromatic heterocycles. The minimum absolute atomic E-state index is 0.0184. The summed E-state index contributed by atoms with van der Waals surface area (Å²) in [5.74, 6) is -0.0877. The van der Waals surface area contributed by atoms with Crippen LogP contribution in [-0.2, 0) is 14.8 Å². The Labute approximate surface area is 216 Å². The van der Waals surface area contributed by atoms with Gasteiger partial charge < -0.3 is 9.42 Å². The molecule has 3 aromatic rings. The number of piperidine rings is 1. The van der Waals surface area contributed by atoms with E-state index in [-0.39, 0.29) is 41.3 Å². The van der Waals surface area contributed by atoms with Gasteiger partial charge in [0, 0.05) is 43.6 Å². The lowest BCUT2D eigenvalue weighted by atomic mass is 9.96. The maximum absolute atomic E-state index is 14.0. The van der Waals surface area contributed by atoms with E-state index in [4.69, 9.17) is 4.52 Å². The van der Waals surface area contributed by atoms with Gasteiger partial charge >= 0.3 is 0 Å². The number of benzene rings is 2. The van der Waals surface area contributed by atoms with Gasteiger partial charge in [-0.05, 0) is 50.0 Å². The van der Waals surface area contributed by atoms with Crippen LogP contribution in [0, 0.1) is 18.7 Å². The Morgan fingerprint density at radius 3 is 2.43 bits per heavy atom. The average molecular weight is 524 g/mol. The molecule has 1 atom stereocenters. The largest absolute Gasteiger partial charge is 0.355 e. The standard InChI is InChI=1S/C28H30FN3O4S/c1-20-27(26(36-30-20)12-11-22-9-5-6-10-25(22)29)37(34,35)32-17-14-23(15-18-32)28(33)31-16-13-24(19-31)21-7-3-2-4-8-21/h2-12,23-24H,13-19H2,1H3. The summed E-state index contributed by atoms with van der Waals surface area (Å²) >= 11 is 0. The summed E-state index contributed by atoms with van der Waals surface area (Å²) in [6.07, 6.45) is 4.78. The van der Waals surface area contributed by atoms with Gasteiger partial charge in [-0.1, -0.05) is 53.7 Å². The maximum atomic E-state index is 14.0. The van der Waals surface area contributed by atoms with Gasteiger partial charge in [0.15, 0.2) is 10.7 Å². The molecular weight excluding hydrogens is 493 g/mol. The second-order valence-electron chi connectivity index (χ2n) is 9.68. The van der Waals surface area contributed by atoms with E-state index >= 15 is 0 Å². The molecule has 0 aliphatic carbocycles. The molecule has 0 saturated carbocycles. The number of rotatable bonds is 6. The van der Waals surface area contributed by atoms with Gasteiger partial charge in [-0.2, -0.15) is 4.31 Å². The topological polar surface area (TPSA) is 83.7 Å². The van der Waals surface area contributed by atoms with Crippen LogP contribution in [0.5, 0.6) is 0 Å². The number of hydrogen-bond donors (Lipinski definition) is 0. The summed E-state index contributed by atoms with van der Waals surface area (Å²) in [6, 6.07) is 16.5. The van der Waals surface area contributed by atoms with Crippen molar-refractivity contribution in [2.45, 2.75) is 37.0 Å². The third-order valence-electron chi connectivity index (χ3n) is 7.32. The molecule has 37 heavy (non-hydrogen) atoms. The molecule has 1 unspecified atom stereocenters. The zero-order chi connectivity index (χ0) is 26.0. The van der Waals surface area contributed by atoms with Gasteiger partial charge in [0.25, 0.3) is 0 Å². The number of carbonyl (C=O) groups excluding carboxylic acids is 1. The van der Waals surface area contributed by atoms with E-state index in [9.17, 15) is 17.6 Å². The summed E-state index contributed by atoms with van der Waals surface area (Å²) in [5, 5.41) is 3.85. The van der Waals surface area contributed by atoms with Gasteiger partial charge in [-0.25, -0.2) is 12.8 Å². The number of carbonyl (C=O) groups is 1. The third-order valence-corrected chi connectivity index (χ3v) is 9.38. The first kappa shape index (κ1) is 25.4. The summed E-state index contributed by atoms with van der Waals surface area (Å²) in [7, 11) is -3.90. The quantitative estimate of drug-likeness (QED) is 0.467. The average Bonchev–Trinajstić information content (AvgIpc) is 3.56. The minimum Gasteiger partial charge on any atom is -0.355 e. The second-order valence-corrected chi connectivity index (χ2v) is 11.5. The monoisotopic (exact) mass is 523 g/mol. The Hall–Kier alpha value is -3.30. The van der Waals surface area contributed by atoms with Gasteiger partial charge in [0.1, 0.15) is 11.5 Å². The molecule has 2 aliphatic rings. The van der Waals surface area contributed by atoms with Crippen molar-refractivity contribution in [2.24, 2.45) is 5.92 Å². The third kappa shape index (κ3) is 5.24. The van der Waals surface area contributed by atoms with E-state index in [1.54, 1.807) is 25.1 Å². The summed E-state index contributed by atoms with van der Waals surface area (Å²) in [6.45, 7) is 3.50. The molecular formula is C28H30FN3O4S. The highest BCUT2D eigenvalue weighted by Crippen LogP contribution is 2.32. The van der Waals surface area contributed by atoms with Gasteiger partial charge in [0.05, 0.1) is 0 Å². The van der Waals surface area contributed by atoms with Crippen LogP contribution in [0.1, 0.15) is 47.8 Å². The molecule has 1 amide bonds. The lowest BCUT2D eigenvalue weighted by molar-refractivity contribution is -0.135. The number of halogens is 1. The van der Waals surface area contributed by atoms with Crippen LogP contribution in [-0.4, -0.2) is 54.9 Å². The zero-order valence-corrected chi connectivity index (χ0v) is 21.5. The van der Waals surface area contributed by atoms with Crippen LogP contribution in [0.4, 0.5) is 4.39 Å². The molecule has 5 rings (SSSR count). The second kappa shape index (κ2) is 10.6. The van der Waals surface area contributed by atoms with Crippen molar-refractivity contribution in [3.8, 4) is 0 Å². The van der Waals surface area contributed by atoms with E-state index in [2.05, 4.69) is 17.3 Å². The van der Waals surface area contributed by atoms with E-state index in [1.165, 1.54) is 28.1 Å². The summed E-state index contributed by atoms with van der Waals surface area (Å²) in [5.41, 5.74) is 1.81. The fourth-order valence-corrected chi connectivity index (χ4v) is 6.98. The molecule has 0 radical (unpaired) electrons. The van der Waals surface area contributed by atoms with E-state index < -0.39 is 15.8 Å². The number of hydrogen-bond acceptors (Lipinski definition) is 5. The van der Waals surface area contributed by atoms with E-state index in [0.29, 0.717) is 30.9 Å². The fraction of sp³-hybridized carbons (Fsp3) is 0.357. The molecule has 3 heterocycles. The molecule has 7 nitrogen and oxygen atoms in total. The number of nitrogens with zero attached hydrogens (tertiary/aromatic N) is 3. The predicted molar refractivity (Wildman–Crippen MR) is 138 cm³/mol. The van der Waals surface area contributed by atoms with Crippen LogP contribution < -0.4 is 0 Å². The maximum Gasteiger partial charge on any atom is 0.248 e. The van der Waals surface area contributed by atoms with E-state index in [0.717, 1.165) is 13.0 Å². The highest BCUT2D eigenvalue weighted by molar-refractivity contribution is 7.89. The SMILES string of the molecule is Cc1noc(C=Cc2ccccc2F)c1S(=O)(=O)N1CCC(C(=O)N2CCC(c3ccccc3)C2)CC1.